The first-order valence-electron chi connectivity index (χ1n) is 7.37. The number of nitrogens with one attached hydrogen (secondary N) is 1. The van der Waals surface area contributed by atoms with Gasteiger partial charge >= 0.3 is 0 Å². The van der Waals surface area contributed by atoms with Crippen molar-refractivity contribution < 1.29 is 17.7 Å². The number of sulfonamides is 1. The minimum Gasteiger partial charge on any atom is -0.301 e. The number of halogens is 1. The third-order valence-electron chi connectivity index (χ3n) is 3.70. The first-order chi connectivity index (χ1) is 11.7. The van der Waals surface area contributed by atoms with E-state index in [1.165, 1.54) is 24.3 Å². The zero-order chi connectivity index (χ0) is 18.6. The SMILES string of the molecule is CN(C)C(CNS(=O)(=O)c1ccc([N+](=O)[O-])cc1)c1ccc(F)cc1. The van der Waals surface area contributed by atoms with Crippen LogP contribution in [-0.2, 0) is 10.0 Å². The smallest absolute Gasteiger partial charge is 0.269 e. The van der Waals surface area contributed by atoms with Gasteiger partial charge in [0.15, 0.2) is 0 Å². The van der Waals surface area contributed by atoms with E-state index in [0.29, 0.717) is 0 Å². The van der Waals surface area contributed by atoms with Crippen molar-refractivity contribution in [3.05, 3.63) is 70.0 Å². The van der Waals surface area contributed by atoms with Crippen molar-refractivity contribution in [2.75, 3.05) is 20.6 Å². The normalized spacial score (nSPS) is 13.0. The minimum atomic E-state index is -3.82. The summed E-state index contributed by atoms with van der Waals surface area (Å²) in [6.07, 6.45) is 0. The molecular formula is C16H18FN3O4S. The van der Waals surface area contributed by atoms with Gasteiger partial charge in [-0.25, -0.2) is 17.5 Å². The van der Waals surface area contributed by atoms with Crippen LogP contribution in [0.5, 0.6) is 0 Å². The van der Waals surface area contributed by atoms with E-state index in [-0.39, 0.29) is 29.0 Å². The van der Waals surface area contributed by atoms with Gasteiger partial charge in [0.25, 0.3) is 5.69 Å². The second kappa shape index (κ2) is 7.68. The summed E-state index contributed by atoms with van der Waals surface area (Å²) in [6.45, 7) is 0.0674. The van der Waals surface area contributed by atoms with Crippen molar-refractivity contribution in [3.8, 4) is 0 Å². The monoisotopic (exact) mass is 367 g/mol. The molecule has 0 amide bonds. The molecule has 0 aliphatic carbocycles. The van der Waals surface area contributed by atoms with Crippen molar-refractivity contribution in [1.82, 2.24) is 9.62 Å². The maximum atomic E-state index is 13.1. The van der Waals surface area contributed by atoms with E-state index in [0.717, 1.165) is 17.7 Å². The van der Waals surface area contributed by atoms with E-state index in [9.17, 15) is 22.9 Å². The molecule has 0 spiro atoms. The fourth-order valence-corrected chi connectivity index (χ4v) is 3.34. The lowest BCUT2D eigenvalue weighted by atomic mass is 10.1. The Morgan fingerprint density at radius 1 is 1.12 bits per heavy atom. The van der Waals surface area contributed by atoms with Gasteiger partial charge in [0.1, 0.15) is 5.82 Å². The molecule has 0 saturated carbocycles. The first kappa shape index (κ1) is 19.0. The van der Waals surface area contributed by atoms with E-state index < -0.39 is 14.9 Å². The molecule has 2 rings (SSSR count). The van der Waals surface area contributed by atoms with Gasteiger partial charge in [-0.3, -0.25) is 10.1 Å². The molecule has 7 nitrogen and oxygen atoms in total. The predicted octanol–water partition coefficient (Wildman–Crippen LogP) is 2.32. The predicted molar refractivity (Wildman–Crippen MR) is 91.1 cm³/mol. The van der Waals surface area contributed by atoms with Crippen molar-refractivity contribution in [1.29, 1.82) is 0 Å². The lowest BCUT2D eigenvalue weighted by molar-refractivity contribution is -0.384. The van der Waals surface area contributed by atoms with Crippen molar-refractivity contribution in [3.63, 3.8) is 0 Å². The average molecular weight is 367 g/mol. The Bertz CT molecular complexity index is 837. The molecule has 0 radical (unpaired) electrons. The largest absolute Gasteiger partial charge is 0.301 e. The van der Waals surface area contributed by atoms with E-state index in [2.05, 4.69) is 4.72 Å². The summed E-state index contributed by atoms with van der Waals surface area (Å²) >= 11 is 0. The zero-order valence-corrected chi connectivity index (χ0v) is 14.5. The van der Waals surface area contributed by atoms with Gasteiger partial charge < -0.3 is 4.90 Å². The Labute approximate surface area is 145 Å². The highest BCUT2D eigenvalue weighted by Gasteiger charge is 2.20. The Morgan fingerprint density at radius 2 is 1.68 bits per heavy atom. The van der Waals surface area contributed by atoms with Crippen LogP contribution in [0, 0.1) is 15.9 Å². The molecule has 0 aromatic heterocycles. The van der Waals surface area contributed by atoms with Crippen LogP contribution in [0.1, 0.15) is 11.6 Å². The molecule has 0 fully saturated rings. The van der Waals surface area contributed by atoms with Crippen LogP contribution in [0.4, 0.5) is 10.1 Å². The topological polar surface area (TPSA) is 92.6 Å². The summed E-state index contributed by atoms with van der Waals surface area (Å²) in [5, 5.41) is 10.6. The molecule has 1 N–H and O–H groups in total. The molecule has 25 heavy (non-hydrogen) atoms. The van der Waals surface area contributed by atoms with Gasteiger partial charge in [-0.1, -0.05) is 12.1 Å². The fraction of sp³-hybridized carbons (Fsp3) is 0.250. The standard InChI is InChI=1S/C16H18FN3O4S/c1-19(2)16(12-3-5-13(17)6-4-12)11-18-25(23,24)15-9-7-14(8-10-15)20(21)22/h3-10,16,18H,11H2,1-2H3. The second-order valence-electron chi connectivity index (χ2n) is 5.63. The zero-order valence-electron chi connectivity index (χ0n) is 13.7. The van der Waals surface area contributed by atoms with Crippen LogP contribution >= 0.6 is 0 Å². The van der Waals surface area contributed by atoms with Gasteiger partial charge in [-0.2, -0.15) is 0 Å². The van der Waals surface area contributed by atoms with Crippen molar-refractivity contribution in [2.45, 2.75) is 10.9 Å². The summed E-state index contributed by atoms with van der Waals surface area (Å²) in [5.74, 6) is -0.368. The molecule has 2 aromatic rings. The molecular weight excluding hydrogens is 349 g/mol. The van der Waals surface area contributed by atoms with Crippen molar-refractivity contribution in [2.24, 2.45) is 0 Å². The molecule has 0 aliphatic rings. The quantitative estimate of drug-likeness (QED) is 0.599. The van der Waals surface area contributed by atoms with E-state index in [1.807, 2.05) is 4.90 Å². The summed E-state index contributed by atoms with van der Waals surface area (Å²) in [4.78, 5) is 11.8. The van der Waals surface area contributed by atoms with E-state index in [1.54, 1.807) is 26.2 Å². The average Bonchev–Trinajstić information content (AvgIpc) is 2.56. The van der Waals surface area contributed by atoms with Crippen LogP contribution in [0.25, 0.3) is 0 Å². The van der Waals surface area contributed by atoms with Crippen molar-refractivity contribution >= 4 is 15.7 Å². The number of non-ortho nitro benzene ring substituents is 1. The second-order valence-corrected chi connectivity index (χ2v) is 7.40. The summed E-state index contributed by atoms with van der Waals surface area (Å²) in [6, 6.07) is 10.2. The van der Waals surface area contributed by atoms with Crippen LogP contribution in [0.3, 0.4) is 0 Å². The van der Waals surface area contributed by atoms with Crippen LogP contribution in [0.2, 0.25) is 0 Å². The molecule has 2 aromatic carbocycles. The van der Waals surface area contributed by atoms with Gasteiger partial charge in [0, 0.05) is 24.7 Å². The highest BCUT2D eigenvalue weighted by molar-refractivity contribution is 7.89. The molecule has 1 atom stereocenters. The lowest BCUT2D eigenvalue weighted by Gasteiger charge is -2.25. The highest BCUT2D eigenvalue weighted by Crippen LogP contribution is 2.20. The van der Waals surface area contributed by atoms with Gasteiger partial charge in [-0.05, 0) is 43.9 Å². The Balaban J connectivity index is 2.15. The maximum absolute atomic E-state index is 13.1. The minimum absolute atomic E-state index is 0.0605. The number of benzene rings is 2. The molecule has 9 heteroatoms. The number of nitrogens with zero attached hydrogens (tertiary/aromatic N) is 2. The number of nitro groups is 1. The number of hydrogen-bond donors (Lipinski definition) is 1. The molecule has 134 valence electrons. The molecule has 0 bridgehead atoms. The lowest BCUT2D eigenvalue weighted by Crippen LogP contribution is -2.34. The summed E-state index contributed by atoms with van der Waals surface area (Å²) in [7, 11) is -0.249. The number of nitro benzene ring substituents is 1. The first-order valence-corrected chi connectivity index (χ1v) is 8.85. The summed E-state index contributed by atoms with van der Waals surface area (Å²) < 4.78 is 40.3. The van der Waals surface area contributed by atoms with E-state index >= 15 is 0 Å². The Hall–Kier alpha value is -2.36. The van der Waals surface area contributed by atoms with Gasteiger partial charge in [0.05, 0.1) is 9.82 Å². The van der Waals surface area contributed by atoms with Crippen LogP contribution in [0.15, 0.2) is 53.4 Å². The third kappa shape index (κ3) is 4.81. The number of rotatable bonds is 7. The molecule has 0 aliphatic heterocycles. The van der Waals surface area contributed by atoms with Gasteiger partial charge in [0.2, 0.25) is 10.0 Å². The Kier molecular flexibility index (Phi) is 5.83. The maximum Gasteiger partial charge on any atom is 0.269 e. The summed E-state index contributed by atoms with van der Waals surface area (Å²) in [5.41, 5.74) is 0.578. The molecule has 1 unspecified atom stereocenters. The van der Waals surface area contributed by atoms with Crippen LogP contribution < -0.4 is 4.72 Å². The Morgan fingerprint density at radius 3 is 2.16 bits per heavy atom. The fourth-order valence-electron chi connectivity index (χ4n) is 2.30. The van der Waals surface area contributed by atoms with Gasteiger partial charge in [-0.15, -0.1) is 0 Å². The van der Waals surface area contributed by atoms with E-state index in [4.69, 9.17) is 0 Å². The number of hydrogen-bond acceptors (Lipinski definition) is 5. The molecule has 0 heterocycles. The number of likely N-dealkylation sites (N-methyl/N-ethyl adjacent to an activating group) is 1. The van der Waals surface area contributed by atoms with Crippen LogP contribution in [-0.4, -0.2) is 38.9 Å². The molecule has 0 saturated heterocycles. The highest BCUT2D eigenvalue weighted by atomic mass is 32.2. The third-order valence-corrected chi connectivity index (χ3v) is 5.14.